The van der Waals surface area contributed by atoms with E-state index in [1.807, 2.05) is 12.2 Å². The smallest absolute Gasteiger partial charge is 0.0657 e. The van der Waals surface area contributed by atoms with Gasteiger partial charge in [0.05, 0.1) is 0 Å². The van der Waals surface area contributed by atoms with Crippen LogP contribution in [0.1, 0.15) is 0 Å². The number of hydrogen-bond donors (Lipinski definition) is 0. The Labute approximate surface area is 38.1 Å². The van der Waals surface area contributed by atoms with Gasteiger partial charge < -0.3 is 5.62 Å². The quantitative estimate of drug-likeness (QED) is 0.366. The standard InChI is InChI=1S/C5H6B/c1-2-4-6-5-3-1/h1-3,6H,4H2/q-1. The molecular weight excluding hydrogens is 70.9 g/mol. The van der Waals surface area contributed by atoms with Crippen molar-refractivity contribution in [2.24, 2.45) is 0 Å². The lowest BCUT2D eigenvalue weighted by Crippen LogP contribution is -1.75. The van der Waals surface area contributed by atoms with Gasteiger partial charge in [-0.1, -0.05) is 12.2 Å². The van der Waals surface area contributed by atoms with E-state index in [4.69, 9.17) is 0 Å². The van der Waals surface area contributed by atoms with Crippen LogP contribution in [0.25, 0.3) is 0 Å². The average Bonchev–Trinajstić information content (AvgIpc) is 1.72. The van der Waals surface area contributed by atoms with Gasteiger partial charge in [0, 0.05) is 0 Å². The molecule has 0 aromatic heterocycles. The van der Waals surface area contributed by atoms with Gasteiger partial charge in [0.2, 0.25) is 0 Å². The van der Waals surface area contributed by atoms with Crippen molar-refractivity contribution in [3.63, 3.8) is 0 Å². The molecule has 30 valence electrons. The van der Waals surface area contributed by atoms with Gasteiger partial charge in [0.15, 0.2) is 0 Å². The van der Waals surface area contributed by atoms with Crippen LogP contribution in [-0.2, 0) is 0 Å². The van der Waals surface area contributed by atoms with Crippen molar-refractivity contribution < 1.29 is 0 Å². The van der Waals surface area contributed by atoms with Crippen LogP contribution in [0, 0.1) is 0 Å². The van der Waals surface area contributed by atoms with Crippen LogP contribution in [0.5, 0.6) is 0 Å². The van der Waals surface area contributed by atoms with Crippen LogP contribution in [0.4, 0.5) is 0 Å². The fourth-order valence-electron chi connectivity index (χ4n) is 0.482. The van der Waals surface area contributed by atoms with Crippen LogP contribution < -0.4 is 0 Å². The largest absolute Gasteiger partial charge is 0.386 e. The molecule has 0 amide bonds. The third kappa shape index (κ3) is 0.700. The SMILES string of the molecule is [BH-]1=C=CC=CC1. The highest BCUT2D eigenvalue weighted by atomic mass is 13.6. The first kappa shape index (κ1) is 3.64. The molecule has 0 saturated heterocycles. The molecular formula is C5H6B-. The van der Waals surface area contributed by atoms with E-state index in [2.05, 4.69) is 11.7 Å². The van der Waals surface area contributed by atoms with Gasteiger partial charge in [-0.3, -0.25) is 0 Å². The van der Waals surface area contributed by atoms with E-state index in [1.165, 1.54) is 6.32 Å². The van der Waals surface area contributed by atoms with Gasteiger partial charge in [-0.25, -0.2) is 0 Å². The molecule has 0 radical (unpaired) electrons. The monoisotopic (exact) mass is 77.1 g/mol. The van der Waals surface area contributed by atoms with Gasteiger partial charge in [0.25, 0.3) is 0 Å². The molecule has 0 nitrogen and oxygen atoms in total. The second-order valence-electron chi connectivity index (χ2n) is 1.34. The molecule has 0 spiro atoms. The zero-order valence-electron chi connectivity index (χ0n) is 3.65. The normalized spacial score (nSPS) is 16.0. The first-order chi connectivity index (χ1) is 3.00. The molecule has 0 aliphatic carbocycles. The fraction of sp³-hybridized carbons (Fsp3) is 0.200. The summed E-state index contributed by atoms with van der Waals surface area (Å²) >= 11 is 0. The Kier molecular flexibility index (Phi) is 1.08. The molecule has 6 heavy (non-hydrogen) atoms. The molecule has 0 unspecified atom stereocenters. The van der Waals surface area contributed by atoms with E-state index in [-0.39, 0.29) is 0 Å². The van der Waals surface area contributed by atoms with Gasteiger partial charge in [-0.05, 0) is 0 Å². The van der Waals surface area contributed by atoms with E-state index in [1.54, 1.807) is 0 Å². The number of hydrogen-bond acceptors (Lipinski definition) is 0. The molecule has 0 aromatic rings. The summed E-state index contributed by atoms with van der Waals surface area (Å²) in [5.41, 5.74) is 3.07. The summed E-state index contributed by atoms with van der Waals surface area (Å²) in [5, 5.41) is 0. The molecule has 0 atom stereocenters. The van der Waals surface area contributed by atoms with Gasteiger partial charge in [0.1, 0.15) is 0 Å². The van der Waals surface area contributed by atoms with Gasteiger partial charge >= 0.3 is 0 Å². The van der Waals surface area contributed by atoms with Crippen molar-refractivity contribution in [2.45, 2.75) is 6.32 Å². The Balaban J connectivity index is 2.78. The van der Waals surface area contributed by atoms with Crippen molar-refractivity contribution in [2.75, 3.05) is 0 Å². The van der Waals surface area contributed by atoms with E-state index in [9.17, 15) is 0 Å². The lowest BCUT2D eigenvalue weighted by atomic mass is 9.87. The zero-order chi connectivity index (χ0) is 4.24. The third-order valence-electron chi connectivity index (χ3n) is 0.806. The average molecular weight is 76.9 g/mol. The lowest BCUT2D eigenvalue weighted by Gasteiger charge is -1.88. The lowest BCUT2D eigenvalue weighted by molar-refractivity contribution is 1.70. The highest BCUT2D eigenvalue weighted by molar-refractivity contribution is 6.46. The summed E-state index contributed by atoms with van der Waals surface area (Å²) in [4.78, 5) is 0. The Morgan fingerprint density at radius 2 is 2.67 bits per heavy atom. The highest BCUT2D eigenvalue weighted by Gasteiger charge is 1.59. The Morgan fingerprint density at radius 1 is 1.67 bits per heavy atom. The minimum absolute atomic E-state index is 1.11. The summed E-state index contributed by atoms with van der Waals surface area (Å²) in [5.74, 6) is 0. The molecule has 1 heterocycles. The zero-order valence-corrected chi connectivity index (χ0v) is 3.65. The predicted molar refractivity (Wildman–Crippen MR) is 30.7 cm³/mol. The molecule has 0 N–H and O–H groups in total. The first-order valence-electron chi connectivity index (χ1n) is 2.22. The molecule has 1 aliphatic rings. The van der Waals surface area contributed by atoms with Crippen LogP contribution in [0.2, 0.25) is 6.32 Å². The molecule has 0 bridgehead atoms. The minimum Gasteiger partial charge on any atom is -0.386 e. The number of allylic oxidation sites excluding steroid dienone is 3. The van der Waals surface area contributed by atoms with E-state index in [0.29, 0.717) is 0 Å². The van der Waals surface area contributed by atoms with Crippen molar-refractivity contribution in [1.82, 2.24) is 0 Å². The Morgan fingerprint density at radius 3 is 2.83 bits per heavy atom. The Hall–Kier alpha value is -0.545. The van der Waals surface area contributed by atoms with Crippen molar-refractivity contribution in [3.8, 4) is 0 Å². The third-order valence-corrected chi connectivity index (χ3v) is 0.806. The molecule has 0 saturated carbocycles. The van der Waals surface area contributed by atoms with Crippen LogP contribution >= 0.6 is 0 Å². The van der Waals surface area contributed by atoms with Gasteiger partial charge in [-0.15, -0.1) is 13.0 Å². The molecule has 1 rings (SSSR count). The second-order valence-corrected chi connectivity index (χ2v) is 1.34. The van der Waals surface area contributed by atoms with Crippen molar-refractivity contribution >= 4 is 12.5 Å². The topological polar surface area (TPSA) is 0 Å². The van der Waals surface area contributed by atoms with E-state index >= 15 is 0 Å². The van der Waals surface area contributed by atoms with Crippen molar-refractivity contribution in [1.29, 1.82) is 0 Å². The van der Waals surface area contributed by atoms with Crippen LogP contribution in [0.15, 0.2) is 18.2 Å². The fourth-order valence-corrected chi connectivity index (χ4v) is 0.482. The summed E-state index contributed by atoms with van der Waals surface area (Å²) in [7, 11) is 0. The predicted octanol–water partition coefficient (Wildman–Crippen LogP) is 0.368. The van der Waals surface area contributed by atoms with Crippen LogP contribution in [0.3, 0.4) is 0 Å². The maximum atomic E-state index is 3.07. The summed E-state index contributed by atoms with van der Waals surface area (Å²) in [6, 6.07) is 0. The molecule has 1 aliphatic heterocycles. The number of rotatable bonds is 0. The second kappa shape index (κ2) is 1.79. The maximum absolute atomic E-state index is 3.07. The summed E-state index contributed by atoms with van der Waals surface area (Å²) in [6.07, 6.45) is 7.32. The molecule has 0 aromatic carbocycles. The van der Waals surface area contributed by atoms with E-state index < -0.39 is 0 Å². The minimum atomic E-state index is 1.11. The van der Waals surface area contributed by atoms with Gasteiger partial charge in [-0.2, -0.15) is 6.32 Å². The highest BCUT2D eigenvalue weighted by Crippen LogP contribution is 1.80. The first-order valence-corrected chi connectivity index (χ1v) is 2.22. The maximum Gasteiger partial charge on any atom is -0.0657 e. The molecule has 0 fully saturated rings. The summed E-state index contributed by atoms with van der Waals surface area (Å²) < 4.78 is 0. The van der Waals surface area contributed by atoms with E-state index in [0.717, 1.165) is 6.92 Å². The molecule has 1 heteroatoms. The van der Waals surface area contributed by atoms with Crippen LogP contribution in [-0.4, -0.2) is 12.5 Å². The van der Waals surface area contributed by atoms with Crippen molar-refractivity contribution in [3.05, 3.63) is 18.2 Å². The Bertz CT molecular complexity index is 116. The summed E-state index contributed by atoms with van der Waals surface area (Å²) in [6.45, 7) is 1.11.